The van der Waals surface area contributed by atoms with Gasteiger partial charge in [-0.25, -0.2) is 0 Å². The first-order valence-corrected chi connectivity index (χ1v) is 7.72. The van der Waals surface area contributed by atoms with Crippen molar-refractivity contribution in [2.45, 2.75) is 51.5 Å². The molecule has 0 unspecified atom stereocenters. The standard InChI is InChI=1S/C17H24N2O2/c1-12-7-5-6-10-14(12)11-15(16(18)20)19-17(21)13-8-3-2-4-9-13/h5-7,10,13,15H,2-4,8-9,11H2,1H3,(H2,18,20)(H,19,21)/t15-/m1/s1. The van der Waals surface area contributed by atoms with Crippen LogP contribution in [0, 0.1) is 12.8 Å². The van der Waals surface area contributed by atoms with Crippen molar-refractivity contribution in [2.24, 2.45) is 11.7 Å². The molecule has 0 radical (unpaired) electrons. The fourth-order valence-corrected chi connectivity index (χ4v) is 2.94. The van der Waals surface area contributed by atoms with Gasteiger partial charge in [-0.2, -0.15) is 0 Å². The quantitative estimate of drug-likeness (QED) is 0.870. The molecule has 1 saturated carbocycles. The predicted octanol–water partition coefficient (Wildman–Crippen LogP) is 2.09. The zero-order valence-electron chi connectivity index (χ0n) is 12.6. The van der Waals surface area contributed by atoms with Crippen molar-refractivity contribution in [3.8, 4) is 0 Å². The molecule has 4 heteroatoms. The molecule has 1 aromatic carbocycles. The molecular formula is C17H24N2O2. The van der Waals surface area contributed by atoms with E-state index in [0.717, 1.165) is 36.8 Å². The maximum atomic E-state index is 12.3. The Bertz CT molecular complexity index is 507. The van der Waals surface area contributed by atoms with E-state index in [4.69, 9.17) is 5.73 Å². The molecule has 0 saturated heterocycles. The summed E-state index contributed by atoms with van der Waals surface area (Å²) in [5, 5.41) is 2.85. The molecule has 2 rings (SSSR count). The van der Waals surface area contributed by atoms with Crippen LogP contribution in [0.2, 0.25) is 0 Å². The predicted molar refractivity (Wildman–Crippen MR) is 82.6 cm³/mol. The van der Waals surface area contributed by atoms with Gasteiger partial charge in [-0.15, -0.1) is 0 Å². The Balaban J connectivity index is 2.00. The van der Waals surface area contributed by atoms with Gasteiger partial charge in [-0.3, -0.25) is 9.59 Å². The number of carbonyl (C=O) groups excluding carboxylic acids is 2. The second kappa shape index (κ2) is 7.25. The summed E-state index contributed by atoms with van der Waals surface area (Å²) < 4.78 is 0. The molecule has 114 valence electrons. The van der Waals surface area contributed by atoms with Crippen LogP contribution in [0.4, 0.5) is 0 Å². The van der Waals surface area contributed by atoms with Crippen molar-refractivity contribution in [3.05, 3.63) is 35.4 Å². The van der Waals surface area contributed by atoms with Gasteiger partial charge in [-0.1, -0.05) is 43.5 Å². The van der Waals surface area contributed by atoms with E-state index in [1.807, 2.05) is 31.2 Å². The van der Waals surface area contributed by atoms with E-state index in [1.54, 1.807) is 0 Å². The molecule has 0 aromatic heterocycles. The highest BCUT2D eigenvalue weighted by atomic mass is 16.2. The first kappa shape index (κ1) is 15.5. The molecule has 0 spiro atoms. The van der Waals surface area contributed by atoms with E-state index in [1.165, 1.54) is 6.42 Å². The van der Waals surface area contributed by atoms with E-state index in [-0.39, 0.29) is 11.8 Å². The third-order valence-corrected chi connectivity index (χ3v) is 4.32. The van der Waals surface area contributed by atoms with Crippen LogP contribution < -0.4 is 11.1 Å². The minimum atomic E-state index is -0.625. The van der Waals surface area contributed by atoms with E-state index >= 15 is 0 Å². The van der Waals surface area contributed by atoms with Crippen molar-refractivity contribution in [3.63, 3.8) is 0 Å². The first-order chi connectivity index (χ1) is 10.1. The molecule has 0 heterocycles. The minimum Gasteiger partial charge on any atom is -0.368 e. The molecule has 1 aliphatic carbocycles. The summed E-state index contributed by atoms with van der Waals surface area (Å²) >= 11 is 0. The Hall–Kier alpha value is -1.84. The van der Waals surface area contributed by atoms with Gasteiger partial charge in [0.2, 0.25) is 11.8 Å². The van der Waals surface area contributed by atoms with Crippen LogP contribution in [-0.4, -0.2) is 17.9 Å². The van der Waals surface area contributed by atoms with Crippen molar-refractivity contribution < 1.29 is 9.59 Å². The monoisotopic (exact) mass is 288 g/mol. The number of benzene rings is 1. The molecule has 1 aliphatic rings. The van der Waals surface area contributed by atoms with Crippen LogP contribution in [0.3, 0.4) is 0 Å². The molecule has 2 amide bonds. The smallest absolute Gasteiger partial charge is 0.240 e. The lowest BCUT2D eigenvalue weighted by Crippen LogP contribution is -2.48. The molecule has 21 heavy (non-hydrogen) atoms. The number of aryl methyl sites for hydroxylation is 1. The normalized spacial score (nSPS) is 17.2. The third-order valence-electron chi connectivity index (χ3n) is 4.32. The van der Waals surface area contributed by atoms with Gasteiger partial charge >= 0.3 is 0 Å². The summed E-state index contributed by atoms with van der Waals surface area (Å²) in [6, 6.07) is 7.23. The summed E-state index contributed by atoms with van der Waals surface area (Å²) in [5.41, 5.74) is 7.61. The van der Waals surface area contributed by atoms with Crippen LogP contribution in [0.5, 0.6) is 0 Å². The maximum Gasteiger partial charge on any atom is 0.240 e. The van der Waals surface area contributed by atoms with Gasteiger partial charge in [0.25, 0.3) is 0 Å². The number of nitrogens with one attached hydrogen (secondary N) is 1. The fraction of sp³-hybridized carbons (Fsp3) is 0.529. The maximum absolute atomic E-state index is 12.3. The number of rotatable bonds is 5. The summed E-state index contributed by atoms with van der Waals surface area (Å²) in [6.07, 6.45) is 5.68. The summed E-state index contributed by atoms with van der Waals surface area (Å²) in [4.78, 5) is 23.9. The average molecular weight is 288 g/mol. The molecular weight excluding hydrogens is 264 g/mol. The molecule has 4 nitrogen and oxygen atoms in total. The van der Waals surface area contributed by atoms with Gasteiger partial charge in [-0.05, 0) is 30.9 Å². The summed E-state index contributed by atoms with van der Waals surface area (Å²) in [5.74, 6) is -0.452. The van der Waals surface area contributed by atoms with Gasteiger partial charge in [0.15, 0.2) is 0 Å². The minimum absolute atomic E-state index is 0.0212. The molecule has 1 fully saturated rings. The zero-order valence-corrected chi connectivity index (χ0v) is 12.6. The highest BCUT2D eigenvalue weighted by Crippen LogP contribution is 2.23. The first-order valence-electron chi connectivity index (χ1n) is 7.72. The largest absolute Gasteiger partial charge is 0.368 e. The van der Waals surface area contributed by atoms with Crippen LogP contribution in [0.15, 0.2) is 24.3 Å². The van der Waals surface area contributed by atoms with Gasteiger partial charge in [0, 0.05) is 12.3 Å². The van der Waals surface area contributed by atoms with Gasteiger partial charge < -0.3 is 11.1 Å². The fourth-order valence-electron chi connectivity index (χ4n) is 2.94. The summed E-state index contributed by atoms with van der Waals surface area (Å²) in [7, 11) is 0. The lowest BCUT2D eigenvalue weighted by atomic mass is 9.88. The highest BCUT2D eigenvalue weighted by molar-refractivity contribution is 5.87. The molecule has 0 aliphatic heterocycles. The Morgan fingerprint density at radius 3 is 2.52 bits per heavy atom. The van der Waals surface area contributed by atoms with Crippen molar-refractivity contribution in [1.82, 2.24) is 5.32 Å². The lowest BCUT2D eigenvalue weighted by Gasteiger charge is -2.24. The molecule has 3 N–H and O–H groups in total. The van der Waals surface area contributed by atoms with Crippen LogP contribution in [0.1, 0.15) is 43.2 Å². The molecule has 1 atom stereocenters. The average Bonchev–Trinajstić information content (AvgIpc) is 2.49. The summed E-state index contributed by atoms with van der Waals surface area (Å²) in [6.45, 7) is 2.00. The Kier molecular flexibility index (Phi) is 5.37. The number of nitrogens with two attached hydrogens (primary N) is 1. The van der Waals surface area contributed by atoms with Gasteiger partial charge in [0.1, 0.15) is 6.04 Å². The van der Waals surface area contributed by atoms with Crippen molar-refractivity contribution in [2.75, 3.05) is 0 Å². The van der Waals surface area contributed by atoms with Crippen LogP contribution >= 0.6 is 0 Å². The third kappa shape index (κ3) is 4.31. The van der Waals surface area contributed by atoms with E-state index in [9.17, 15) is 9.59 Å². The van der Waals surface area contributed by atoms with E-state index < -0.39 is 11.9 Å². The number of hydrogen-bond acceptors (Lipinski definition) is 2. The Labute approximate surface area is 126 Å². The topological polar surface area (TPSA) is 72.2 Å². The van der Waals surface area contributed by atoms with Gasteiger partial charge in [0.05, 0.1) is 0 Å². The van der Waals surface area contributed by atoms with Crippen molar-refractivity contribution in [1.29, 1.82) is 0 Å². The van der Waals surface area contributed by atoms with Crippen LogP contribution in [-0.2, 0) is 16.0 Å². The SMILES string of the molecule is Cc1ccccc1C[C@@H](NC(=O)C1CCCCC1)C(N)=O. The molecule has 0 bridgehead atoms. The lowest BCUT2D eigenvalue weighted by molar-refractivity contribution is -0.130. The number of hydrogen-bond donors (Lipinski definition) is 2. The number of amides is 2. The van der Waals surface area contributed by atoms with E-state index in [0.29, 0.717) is 6.42 Å². The second-order valence-corrected chi connectivity index (χ2v) is 5.93. The number of primary amides is 1. The second-order valence-electron chi connectivity index (χ2n) is 5.93. The zero-order chi connectivity index (χ0) is 15.2. The molecule has 1 aromatic rings. The Morgan fingerprint density at radius 2 is 1.90 bits per heavy atom. The number of carbonyl (C=O) groups is 2. The van der Waals surface area contributed by atoms with E-state index in [2.05, 4.69) is 5.32 Å². The van der Waals surface area contributed by atoms with Crippen LogP contribution in [0.25, 0.3) is 0 Å². The van der Waals surface area contributed by atoms with Crippen molar-refractivity contribution >= 4 is 11.8 Å². The Morgan fingerprint density at radius 1 is 1.24 bits per heavy atom. The highest BCUT2D eigenvalue weighted by Gasteiger charge is 2.25.